The maximum atomic E-state index is 12.9. The Morgan fingerprint density at radius 1 is 0.967 bits per heavy atom. The van der Waals surface area contributed by atoms with E-state index in [1.165, 1.54) is 0 Å². The molecule has 4 rings (SSSR count). The van der Waals surface area contributed by atoms with Crippen LogP contribution < -0.4 is 4.74 Å². The average molecular weight is 408 g/mol. The Balaban J connectivity index is 1.24. The number of benzene rings is 1. The predicted molar refractivity (Wildman–Crippen MR) is 119 cm³/mol. The molecule has 2 aromatic rings. The molecule has 1 aliphatic heterocycles. The van der Waals surface area contributed by atoms with Gasteiger partial charge in [0, 0.05) is 49.9 Å². The second kappa shape index (κ2) is 9.61. The second-order valence-corrected chi connectivity index (χ2v) is 8.79. The van der Waals surface area contributed by atoms with Crippen LogP contribution in [0.4, 0.5) is 0 Å². The molecule has 1 aromatic heterocycles. The fourth-order valence-electron chi connectivity index (χ4n) is 4.57. The van der Waals surface area contributed by atoms with Crippen molar-refractivity contribution in [2.75, 3.05) is 26.2 Å². The summed E-state index contributed by atoms with van der Waals surface area (Å²) in [7, 11) is 0. The first-order chi connectivity index (χ1) is 14.6. The highest BCUT2D eigenvalue weighted by atomic mass is 16.5. The molecule has 0 atom stereocenters. The van der Waals surface area contributed by atoms with Crippen molar-refractivity contribution >= 4 is 5.91 Å². The number of aromatic nitrogens is 1. The molecule has 2 aliphatic rings. The van der Waals surface area contributed by atoms with Gasteiger partial charge in [0.25, 0.3) is 0 Å². The Kier molecular flexibility index (Phi) is 6.68. The predicted octanol–water partition coefficient (Wildman–Crippen LogP) is 4.24. The number of pyridine rings is 1. The van der Waals surface area contributed by atoms with Crippen LogP contribution in [0.15, 0.2) is 48.7 Å². The lowest BCUT2D eigenvalue weighted by Gasteiger charge is -2.39. The molecular formula is C25H33N3O2. The summed E-state index contributed by atoms with van der Waals surface area (Å²) in [4.78, 5) is 21.9. The van der Waals surface area contributed by atoms with Crippen molar-refractivity contribution in [3.05, 3.63) is 48.7 Å². The highest BCUT2D eigenvalue weighted by Crippen LogP contribution is 2.30. The van der Waals surface area contributed by atoms with Gasteiger partial charge < -0.3 is 9.64 Å². The number of ether oxygens (including phenoxy) is 1. The van der Waals surface area contributed by atoms with Gasteiger partial charge in [-0.25, -0.2) is 0 Å². The summed E-state index contributed by atoms with van der Waals surface area (Å²) in [5.74, 6) is 1.42. The first kappa shape index (κ1) is 20.9. The summed E-state index contributed by atoms with van der Waals surface area (Å²) >= 11 is 0. The van der Waals surface area contributed by atoms with Crippen LogP contribution in [-0.2, 0) is 4.79 Å². The monoisotopic (exact) mass is 407 g/mol. The number of hydrogen-bond donors (Lipinski definition) is 0. The van der Waals surface area contributed by atoms with Crippen LogP contribution in [0, 0.1) is 5.92 Å². The molecule has 1 saturated heterocycles. The molecule has 2 fully saturated rings. The van der Waals surface area contributed by atoms with E-state index >= 15 is 0 Å². The largest absolute Gasteiger partial charge is 0.490 e. The van der Waals surface area contributed by atoms with E-state index in [0.29, 0.717) is 11.9 Å². The Bertz CT molecular complexity index is 806. The molecule has 0 bridgehead atoms. The molecule has 0 unspecified atom stereocenters. The summed E-state index contributed by atoms with van der Waals surface area (Å²) in [5, 5.41) is 0. The Labute approximate surface area is 180 Å². The van der Waals surface area contributed by atoms with E-state index < -0.39 is 0 Å². The van der Waals surface area contributed by atoms with Crippen molar-refractivity contribution in [1.82, 2.24) is 14.8 Å². The molecular weight excluding hydrogens is 374 g/mol. The number of amides is 1. The highest BCUT2D eigenvalue weighted by molar-refractivity contribution is 5.79. The second-order valence-electron chi connectivity index (χ2n) is 8.79. The van der Waals surface area contributed by atoms with E-state index in [0.717, 1.165) is 68.9 Å². The number of piperazine rings is 1. The zero-order valence-corrected chi connectivity index (χ0v) is 18.2. The average Bonchev–Trinajstić information content (AvgIpc) is 2.80. The molecule has 0 N–H and O–H groups in total. The van der Waals surface area contributed by atoms with Gasteiger partial charge in [0.05, 0.1) is 11.8 Å². The van der Waals surface area contributed by atoms with E-state index in [2.05, 4.69) is 40.8 Å². The minimum Gasteiger partial charge on any atom is -0.490 e. The van der Waals surface area contributed by atoms with Crippen molar-refractivity contribution in [1.29, 1.82) is 0 Å². The van der Waals surface area contributed by atoms with Gasteiger partial charge in [0.2, 0.25) is 5.91 Å². The lowest BCUT2D eigenvalue weighted by atomic mass is 9.86. The van der Waals surface area contributed by atoms with E-state index in [4.69, 9.17) is 4.74 Å². The van der Waals surface area contributed by atoms with Gasteiger partial charge in [-0.15, -0.1) is 0 Å². The molecule has 1 amide bonds. The smallest absolute Gasteiger partial charge is 0.225 e. The van der Waals surface area contributed by atoms with Crippen LogP contribution in [-0.4, -0.2) is 59.0 Å². The molecule has 5 heteroatoms. The number of carbonyl (C=O) groups excluding carboxylic acids is 1. The lowest BCUT2D eigenvalue weighted by molar-refractivity contribution is -0.139. The quantitative estimate of drug-likeness (QED) is 0.744. The maximum Gasteiger partial charge on any atom is 0.225 e. The van der Waals surface area contributed by atoms with Gasteiger partial charge in [0.15, 0.2) is 0 Å². The van der Waals surface area contributed by atoms with Crippen molar-refractivity contribution in [3.8, 4) is 17.0 Å². The van der Waals surface area contributed by atoms with E-state index in [9.17, 15) is 4.79 Å². The zero-order valence-electron chi connectivity index (χ0n) is 18.2. The van der Waals surface area contributed by atoms with E-state index in [-0.39, 0.29) is 12.0 Å². The molecule has 2 heterocycles. The molecule has 1 aromatic carbocycles. The minimum absolute atomic E-state index is 0.169. The van der Waals surface area contributed by atoms with Crippen molar-refractivity contribution in [2.24, 2.45) is 5.92 Å². The van der Waals surface area contributed by atoms with Crippen molar-refractivity contribution in [2.45, 2.75) is 51.7 Å². The van der Waals surface area contributed by atoms with Crippen LogP contribution in [0.5, 0.6) is 5.75 Å². The Hall–Kier alpha value is -2.40. The van der Waals surface area contributed by atoms with Crippen molar-refractivity contribution in [3.63, 3.8) is 0 Å². The number of nitrogens with zero attached hydrogens (tertiary/aromatic N) is 3. The van der Waals surface area contributed by atoms with Gasteiger partial charge in [-0.05, 0) is 75.9 Å². The highest BCUT2D eigenvalue weighted by Gasteiger charge is 2.32. The first-order valence-electron chi connectivity index (χ1n) is 11.3. The molecule has 1 saturated carbocycles. The molecule has 160 valence electrons. The third-order valence-electron chi connectivity index (χ3n) is 6.50. The summed E-state index contributed by atoms with van der Waals surface area (Å²) in [6.45, 7) is 8.19. The number of carbonyl (C=O) groups is 1. The number of rotatable bonds is 5. The fraction of sp³-hybridized carbons (Fsp3) is 0.520. The van der Waals surface area contributed by atoms with Gasteiger partial charge >= 0.3 is 0 Å². The summed E-state index contributed by atoms with van der Waals surface area (Å²) in [6.07, 6.45) is 5.77. The first-order valence-corrected chi connectivity index (χ1v) is 11.3. The maximum absolute atomic E-state index is 12.9. The van der Waals surface area contributed by atoms with E-state index in [1.807, 2.05) is 36.5 Å². The Morgan fingerprint density at radius 3 is 2.27 bits per heavy atom. The lowest BCUT2D eigenvalue weighted by Crippen LogP contribution is -2.52. The standard InChI is InChI=1S/C25H33N3O2/c1-19(2)27-15-17-28(18-16-27)25(29)21-8-12-23(13-9-21)30-22-10-6-20(7-11-22)24-5-3-4-14-26-24/h3-7,10-11,14,19,21,23H,8-9,12-13,15-18H2,1-2H3. The van der Waals surface area contributed by atoms with Gasteiger partial charge in [0.1, 0.15) is 5.75 Å². The van der Waals surface area contributed by atoms with Crippen LogP contribution in [0.2, 0.25) is 0 Å². The third kappa shape index (κ3) is 5.01. The van der Waals surface area contributed by atoms with Crippen LogP contribution in [0.3, 0.4) is 0 Å². The van der Waals surface area contributed by atoms with E-state index in [1.54, 1.807) is 0 Å². The molecule has 0 radical (unpaired) electrons. The topological polar surface area (TPSA) is 45.7 Å². The van der Waals surface area contributed by atoms with Gasteiger partial charge in [-0.3, -0.25) is 14.7 Å². The molecule has 1 aliphatic carbocycles. The van der Waals surface area contributed by atoms with Gasteiger partial charge in [-0.1, -0.05) is 6.07 Å². The molecule has 5 nitrogen and oxygen atoms in total. The van der Waals surface area contributed by atoms with Crippen LogP contribution >= 0.6 is 0 Å². The summed E-state index contributed by atoms with van der Waals surface area (Å²) in [6, 6.07) is 14.7. The molecule has 0 spiro atoms. The molecule has 30 heavy (non-hydrogen) atoms. The zero-order chi connectivity index (χ0) is 20.9. The van der Waals surface area contributed by atoms with Crippen molar-refractivity contribution < 1.29 is 9.53 Å². The third-order valence-corrected chi connectivity index (χ3v) is 6.50. The summed E-state index contributed by atoms with van der Waals surface area (Å²) in [5.41, 5.74) is 2.06. The van der Waals surface area contributed by atoms with Crippen LogP contribution in [0.25, 0.3) is 11.3 Å². The van der Waals surface area contributed by atoms with Crippen LogP contribution in [0.1, 0.15) is 39.5 Å². The SMILES string of the molecule is CC(C)N1CCN(C(=O)C2CCC(Oc3ccc(-c4ccccn4)cc3)CC2)CC1. The number of hydrogen-bond acceptors (Lipinski definition) is 4. The summed E-state index contributed by atoms with van der Waals surface area (Å²) < 4.78 is 6.21. The van der Waals surface area contributed by atoms with Gasteiger partial charge in [-0.2, -0.15) is 0 Å². The minimum atomic E-state index is 0.169. The fourth-order valence-corrected chi connectivity index (χ4v) is 4.57. The normalized spacial score (nSPS) is 22.8. The Morgan fingerprint density at radius 2 is 1.67 bits per heavy atom.